The zero-order chi connectivity index (χ0) is 11.8. The molecule has 0 unspecified atom stereocenters. The van der Waals surface area contributed by atoms with E-state index in [0.29, 0.717) is 12.3 Å². The van der Waals surface area contributed by atoms with Crippen LogP contribution in [0.4, 0.5) is 5.13 Å². The van der Waals surface area contributed by atoms with Gasteiger partial charge < -0.3 is 10.1 Å². The Hall–Kier alpha value is -1.54. The summed E-state index contributed by atoms with van der Waals surface area (Å²) in [7, 11) is 0. The van der Waals surface area contributed by atoms with Crippen LogP contribution in [0.1, 0.15) is 30.8 Å². The molecule has 86 valence electrons. The number of ether oxygens (including phenoxy) is 1. The average Bonchev–Trinajstić information content (AvgIpc) is 2.73. The monoisotopic (exact) mass is 238 g/mol. The van der Waals surface area contributed by atoms with Gasteiger partial charge in [0, 0.05) is 18.3 Å². The minimum atomic E-state index is -0.375. The van der Waals surface area contributed by atoms with E-state index in [-0.39, 0.29) is 5.97 Å². The minimum Gasteiger partial charge on any atom is -0.461 e. The summed E-state index contributed by atoms with van der Waals surface area (Å²) in [6.45, 7) is 4.68. The number of hydrogen-bond acceptors (Lipinski definition) is 5. The maximum absolute atomic E-state index is 11.3. The van der Waals surface area contributed by atoms with Gasteiger partial charge in [-0.3, -0.25) is 0 Å². The van der Waals surface area contributed by atoms with Crippen molar-refractivity contribution in [3.8, 4) is 11.8 Å². The molecule has 0 aromatic carbocycles. The van der Waals surface area contributed by atoms with Gasteiger partial charge >= 0.3 is 5.97 Å². The lowest BCUT2D eigenvalue weighted by Crippen LogP contribution is -2.06. The lowest BCUT2D eigenvalue weighted by atomic mass is 10.4. The number of thiazole rings is 1. The number of anilines is 1. The Bertz CT molecular complexity index is 404. The highest BCUT2D eigenvalue weighted by Crippen LogP contribution is 2.15. The fraction of sp³-hybridized carbons (Fsp3) is 0.455. The van der Waals surface area contributed by atoms with Crippen molar-refractivity contribution in [3.63, 3.8) is 0 Å². The van der Waals surface area contributed by atoms with Crippen LogP contribution in [0.3, 0.4) is 0 Å². The number of nitrogens with zero attached hydrogens (tertiary/aromatic N) is 1. The van der Waals surface area contributed by atoms with Gasteiger partial charge in [-0.25, -0.2) is 9.78 Å². The lowest BCUT2D eigenvalue weighted by Gasteiger charge is -1.98. The van der Waals surface area contributed by atoms with Crippen LogP contribution in [-0.4, -0.2) is 24.1 Å². The van der Waals surface area contributed by atoms with Gasteiger partial charge in [0.05, 0.1) is 6.61 Å². The standard InChI is InChI=1S/C11H14N2O2S/c1-3-5-6-7-12-11-13-9(8-16-11)10(14)15-4-2/h8H,4,6-7H2,1-2H3,(H,12,13). The molecule has 0 fully saturated rings. The third-order valence-electron chi connectivity index (χ3n) is 1.69. The second kappa shape index (κ2) is 6.85. The molecule has 1 aromatic rings. The zero-order valence-electron chi connectivity index (χ0n) is 9.37. The maximum Gasteiger partial charge on any atom is 0.357 e. The Kier molecular flexibility index (Phi) is 5.37. The number of hydrogen-bond donors (Lipinski definition) is 1. The molecule has 0 aliphatic heterocycles. The van der Waals surface area contributed by atoms with Crippen molar-refractivity contribution in [2.24, 2.45) is 0 Å². The number of aromatic nitrogens is 1. The van der Waals surface area contributed by atoms with E-state index in [1.54, 1.807) is 12.3 Å². The molecule has 0 aliphatic carbocycles. The number of rotatable bonds is 5. The Morgan fingerprint density at radius 2 is 2.50 bits per heavy atom. The predicted molar refractivity (Wildman–Crippen MR) is 64.6 cm³/mol. The molecule has 1 rings (SSSR count). The highest BCUT2D eigenvalue weighted by molar-refractivity contribution is 7.13. The minimum absolute atomic E-state index is 0.357. The van der Waals surface area contributed by atoms with E-state index >= 15 is 0 Å². The summed E-state index contributed by atoms with van der Waals surface area (Å²) in [6, 6.07) is 0. The first-order valence-corrected chi connectivity index (χ1v) is 5.92. The SMILES string of the molecule is CC#CCCNc1nc(C(=O)OCC)cs1. The molecule has 0 saturated heterocycles. The fourth-order valence-electron chi connectivity index (χ4n) is 1.01. The molecule has 0 amide bonds. The molecule has 0 spiro atoms. The van der Waals surface area contributed by atoms with Crippen molar-refractivity contribution in [1.82, 2.24) is 4.98 Å². The molecule has 0 aliphatic rings. The molecular formula is C11H14N2O2S. The molecule has 1 heterocycles. The highest BCUT2D eigenvalue weighted by Gasteiger charge is 2.10. The first kappa shape index (κ1) is 12.5. The largest absolute Gasteiger partial charge is 0.461 e. The van der Waals surface area contributed by atoms with Crippen molar-refractivity contribution in [2.45, 2.75) is 20.3 Å². The second-order valence-electron chi connectivity index (χ2n) is 2.86. The number of nitrogens with one attached hydrogen (secondary N) is 1. The van der Waals surface area contributed by atoms with Gasteiger partial charge in [0.1, 0.15) is 0 Å². The van der Waals surface area contributed by atoms with Gasteiger partial charge in [0.25, 0.3) is 0 Å². The first-order valence-electron chi connectivity index (χ1n) is 5.04. The smallest absolute Gasteiger partial charge is 0.357 e. The van der Waals surface area contributed by atoms with Crippen LogP contribution >= 0.6 is 11.3 Å². The van der Waals surface area contributed by atoms with Gasteiger partial charge in [-0.2, -0.15) is 0 Å². The summed E-state index contributed by atoms with van der Waals surface area (Å²) >= 11 is 1.39. The molecule has 4 nitrogen and oxygen atoms in total. The molecular weight excluding hydrogens is 224 g/mol. The summed E-state index contributed by atoms with van der Waals surface area (Å²) in [5.41, 5.74) is 0.357. The normalized spacial score (nSPS) is 9.12. The maximum atomic E-state index is 11.3. The fourth-order valence-corrected chi connectivity index (χ4v) is 1.72. The number of carbonyl (C=O) groups excluding carboxylic acids is 1. The molecule has 1 N–H and O–H groups in total. The van der Waals surface area contributed by atoms with E-state index in [4.69, 9.17) is 4.74 Å². The molecule has 0 atom stereocenters. The van der Waals surface area contributed by atoms with Crippen molar-refractivity contribution in [2.75, 3.05) is 18.5 Å². The first-order chi connectivity index (χ1) is 7.77. The van der Waals surface area contributed by atoms with E-state index < -0.39 is 0 Å². The van der Waals surface area contributed by atoms with Gasteiger partial charge in [0.2, 0.25) is 0 Å². The zero-order valence-corrected chi connectivity index (χ0v) is 10.2. The third-order valence-corrected chi connectivity index (χ3v) is 2.49. The van der Waals surface area contributed by atoms with Crippen molar-refractivity contribution in [3.05, 3.63) is 11.1 Å². The number of carbonyl (C=O) groups is 1. The van der Waals surface area contributed by atoms with Crippen LogP contribution in [0.5, 0.6) is 0 Å². The van der Waals surface area contributed by atoms with Crippen LogP contribution in [0.2, 0.25) is 0 Å². The molecule has 1 aromatic heterocycles. The van der Waals surface area contributed by atoms with Crippen LogP contribution in [0, 0.1) is 11.8 Å². The second-order valence-corrected chi connectivity index (χ2v) is 3.72. The lowest BCUT2D eigenvalue weighted by molar-refractivity contribution is 0.0520. The van der Waals surface area contributed by atoms with Crippen LogP contribution < -0.4 is 5.32 Å². The number of esters is 1. The Balaban J connectivity index is 2.44. The summed E-state index contributed by atoms with van der Waals surface area (Å²) in [5, 5.41) is 5.50. The van der Waals surface area contributed by atoms with E-state index in [0.717, 1.165) is 18.1 Å². The third kappa shape index (κ3) is 3.91. The highest BCUT2D eigenvalue weighted by atomic mass is 32.1. The quantitative estimate of drug-likeness (QED) is 0.485. The van der Waals surface area contributed by atoms with Crippen LogP contribution in [0.25, 0.3) is 0 Å². The van der Waals surface area contributed by atoms with Crippen molar-refractivity contribution in [1.29, 1.82) is 0 Å². The van der Waals surface area contributed by atoms with Gasteiger partial charge in [0.15, 0.2) is 10.8 Å². The molecule has 16 heavy (non-hydrogen) atoms. The van der Waals surface area contributed by atoms with E-state index in [2.05, 4.69) is 22.1 Å². The van der Waals surface area contributed by atoms with Crippen LogP contribution in [0.15, 0.2) is 5.38 Å². The Labute approximate surface area is 99.0 Å². The molecule has 5 heteroatoms. The van der Waals surface area contributed by atoms with Gasteiger partial charge in [-0.1, -0.05) is 0 Å². The molecule has 0 radical (unpaired) electrons. The predicted octanol–water partition coefficient (Wildman–Crippen LogP) is 2.15. The van der Waals surface area contributed by atoms with Crippen LogP contribution in [-0.2, 0) is 4.74 Å². The summed E-state index contributed by atoms with van der Waals surface area (Å²) in [4.78, 5) is 15.4. The molecule has 0 bridgehead atoms. The van der Waals surface area contributed by atoms with E-state index in [1.807, 2.05) is 6.92 Å². The topological polar surface area (TPSA) is 51.2 Å². The summed E-state index contributed by atoms with van der Waals surface area (Å²) in [5.74, 6) is 5.38. The summed E-state index contributed by atoms with van der Waals surface area (Å²) in [6.07, 6.45) is 0.769. The van der Waals surface area contributed by atoms with E-state index in [9.17, 15) is 4.79 Å². The van der Waals surface area contributed by atoms with E-state index in [1.165, 1.54) is 11.3 Å². The Morgan fingerprint density at radius 3 is 3.19 bits per heavy atom. The molecule has 0 saturated carbocycles. The average molecular weight is 238 g/mol. The van der Waals surface area contributed by atoms with Crippen molar-refractivity contribution >= 4 is 22.4 Å². The Morgan fingerprint density at radius 1 is 1.69 bits per heavy atom. The van der Waals surface area contributed by atoms with Crippen molar-refractivity contribution < 1.29 is 9.53 Å². The van der Waals surface area contributed by atoms with Gasteiger partial charge in [-0.05, 0) is 13.8 Å². The van der Waals surface area contributed by atoms with Gasteiger partial charge in [-0.15, -0.1) is 23.2 Å². The summed E-state index contributed by atoms with van der Waals surface area (Å²) < 4.78 is 4.84.